The molecule has 1 aliphatic carbocycles. The molecular weight excluding hydrogens is 845 g/mol. The van der Waals surface area contributed by atoms with Crippen molar-refractivity contribution in [3.8, 4) is 44.9 Å². The zero-order valence-corrected chi connectivity index (χ0v) is 37.8. The molecule has 0 heterocycles. The Kier molecular flexibility index (Phi) is 9.79. The number of fused-ring (bicyclic) bond motifs is 11. The number of ether oxygens (including phenoxy) is 2. The van der Waals surface area contributed by atoms with Gasteiger partial charge in [0.25, 0.3) is 0 Å². The van der Waals surface area contributed by atoms with Crippen LogP contribution in [0.15, 0.2) is 218 Å². The van der Waals surface area contributed by atoms with Crippen LogP contribution in [0.5, 0.6) is 11.5 Å². The lowest BCUT2D eigenvalue weighted by molar-refractivity contribution is 0.201. The molecule has 0 aromatic heterocycles. The number of aliphatic hydroxyl groups excluding tert-OH is 2. The highest BCUT2D eigenvalue weighted by atomic mass is 16.5. The largest absolute Gasteiger partial charge is 0.491 e. The minimum Gasteiger partial charge on any atom is -0.491 e. The normalized spacial score (nSPS) is 12.8. The Morgan fingerprint density at radius 2 is 0.652 bits per heavy atom. The Hall–Kier alpha value is -8.28. The molecule has 0 bridgehead atoms. The van der Waals surface area contributed by atoms with Gasteiger partial charge in [0.15, 0.2) is 0 Å². The van der Waals surface area contributed by atoms with Crippen LogP contribution in [0.1, 0.15) is 22.3 Å². The van der Waals surface area contributed by atoms with E-state index in [2.05, 4.69) is 206 Å². The highest BCUT2D eigenvalue weighted by Gasteiger charge is 2.49. The molecule has 12 aromatic rings. The van der Waals surface area contributed by atoms with Crippen molar-refractivity contribution in [2.75, 3.05) is 26.4 Å². The first-order valence-corrected chi connectivity index (χ1v) is 23.8. The quantitative estimate of drug-likeness (QED) is 0.134. The Morgan fingerprint density at radius 1 is 0.290 bits per heavy atom. The smallest absolute Gasteiger partial charge is 0.120 e. The molecule has 0 saturated carbocycles. The maximum atomic E-state index is 9.60. The summed E-state index contributed by atoms with van der Waals surface area (Å²) in [6, 6.07) is 80.3. The van der Waals surface area contributed by atoms with Crippen LogP contribution in [-0.2, 0) is 5.41 Å². The first kappa shape index (κ1) is 41.0. The Labute approximate surface area is 399 Å². The molecule has 4 nitrogen and oxygen atoms in total. The van der Waals surface area contributed by atoms with Crippen LogP contribution < -0.4 is 9.47 Å². The number of aliphatic hydroxyl groups is 2. The van der Waals surface area contributed by atoms with Gasteiger partial charge < -0.3 is 19.7 Å². The number of hydrogen-bond donors (Lipinski definition) is 2. The highest BCUT2D eigenvalue weighted by molar-refractivity contribution is 6.17. The molecule has 4 heteroatoms. The van der Waals surface area contributed by atoms with Crippen molar-refractivity contribution in [1.29, 1.82) is 0 Å². The predicted molar refractivity (Wildman–Crippen MR) is 285 cm³/mol. The minimum atomic E-state index is -0.863. The predicted octanol–water partition coefficient (Wildman–Crippen LogP) is 15.0. The monoisotopic (exact) mass is 890 g/mol. The third-order valence-corrected chi connectivity index (χ3v) is 14.5. The molecule has 0 atom stereocenters. The summed E-state index contributed by atoms with van der Waals surface area (Å²) in [6.07, 6.45) is 0. The number of hydrogen-bond acceptors (Lipinski definition) is 4. The second-order valence-electron chi connectivity index (χ2n) is 18.2. The van der Waals surface area contributed by atoms with Gasteiger partial charge in [0.05, 0.1) is 18.6 Å². The van der Waals surface area contributed by atoms with Gasteiger partial charge >= 0.3 is 0 Å². The first-order valence-electron chi connectivity index (χ1n) is 23.8. The van der Waals surface area contributed by atoms with Gasteiger partial charge in [-0.3, -0.25) is 0 Å². The van der Waals surface area contributed by atoms with Crippen molar-refractivity contribution in [2.45, 2.75) is 5.41 Å². The Balaban J connectivity index is 1.20. The molecule has 0 unspecified atom stereocenters. The molecule has 12 aromatic carbocycles. The zero-order valence-electron chi connectivity index (χ0n) is 37.8. The van der Waals surface area contributed by atoms with Crippen molar-refractivity contribution in [3.05, 3.63) is 241 Å². The second-order valence-corrected chi connectivity index (χ2v) is 18.2. The Morgan fingerprint density at radius 3 is 1.09 bits per heavy atom. The molecule has 330 valence electrons. The molecule has 13 rings (SSSR count). The lowest BCUT2D eigenvalue weighted by Crippen LogP contribution is -2.30. The molecule has 69 heavy (non-hydrogen) atoms. The van der Waals surface area contributed by atoms with Crippen LogP contribution in [0.25, 0.3) is 98.0 Å². The molecule has 0 radical (unpaired) electrons. The van der Waals surface area contributed by atoms with Crippen LogP contribution in [-0.4, -0.2) is 36.6 Å². The lowest BCUT2D eigenvalue weighted by Gasteiger charge is -2.37. The van der Waals surface area contributed by atoms with E-state index in [-0.39, 0.29) is 26.4 Å². The molecule has 0 spiro atoms. The van der Waals surface area contributed by atoms with Crippen LogP contribution in [0.3, 0.4) is 0 Å². The molecule has 0 saturated heterocycles. The Bertz CT molecular complexity index is 3760. The standard InChI is InChI=1S/C65H46O4/c66-31-33-68-49-29-25-41-35-47(27-23-43(41)37-49)65(48-28-24-44-38-50(69-34-32-67)30-26-42(44)36-48)63-57(19-9-21-59(63)61-39-45-11-1-3-13-51(45)53-15-5-7-17-55(53)61)58-20-10-22-60(64(58)65)62-40-46-12-2-4-14-52(46)54-16-6-8-18-56(54)62/h1-30,35-40,66-67H,31-34H2. The summed E-state index contributed by atoms with van der Waals surface area (Å²) < 4.78 is 11.9. The molecule has 2 N–H and O–H groups in total. The van der Waals surface area contributed by atoms with Gasteiger partial charge in [0.2, 0.25) is 0 Å². The third-order valence-electron chi connectivity index (χ3n) is 14.5. The van der Waals surface area contributed by atoms with Crippen molar-refractivity contribution in [1.82, 2.24) is 0 Å². The van der Waals surface area contributed by atoms with Crippen molar-refractivity contribution in [3.63, 3.8) is 0 Å². The van der Waals surface area contributed by atoms with E-state index in [1.807, 2.05) is 12.1 Å². The summed E-state index contributed by atoms with van der Waals surface area (Å²) in [5.74, 6) is 1.45. The van der Waals surface area contributed by atoms with Crippen LogP contribution in [0, 0.1) is 0 Å². The molecular formula is C65H46O4. The van der Waals surface area contributed by atoms with Gasteiger partial charge in [0, 0.05) is 0 Å². The van der Waals surface area contributed by atoms with E-state index in [9.17, 15) is 10.2 Å². The fourth-order valence-electron chi connectivity index (χ4n) is 11.7. The second kappa shape index (κ2) is 16.5. The maximum Gasteiger partial charge on any atom is 0.120 e. The summed E-state index contributed by atoms with van der Waals surface area (Å²) >= 11 is 0. The third kappa shape index (κ3) is 6.44. The van der Waals surface area contributed by atoms with Gasteiger partial charge in [-0.1, -0.05) is 170 Å². The van der Waals surface area contributed by atoms with Crippen molar-refractivity contribution < 1.29 is 19.7 Å². The summed E-state index contributed by atoms with van der Waals surface area (Å²) in [5, 5.41) is 33.2. The van der Waals surface area contributed by atoms with Gasteiger partial charge in [-0.2, -0.15) is 0 Å². The number of rotatable bonds is 10. The molecule has 0 aliphatic heterocycles. The summed E-state index contributed by atoms with van der Waals surface area (Å²) in [7, 11) is 0. The molecule has 0 amide bonds. The van der Waals surface area contributed by atoms with Crippen molar-refractivity contribution >= 4 is 64.6 Å². The summed E-state index contributed by atoms with van der Waals surface area (Å²) in [5.41, 5.74) is 11.1. The molecule has 1 aliphatic rings. The van der Waals surface area contributed by atoms with Gasteiger partial charge in [-0.25, -0.2) is 0 Å². The number of benzene rings is 12. The first-order chi connectivity index (χ1) is 34.1. The van der Waals surface area contributed by atoms with E-state index in [0.29, 0.717) is 0 Å². The van der Waals surface area contributed by atoms with E-state index in [4.69, 9.17) is 9.47 Å². The van der Waals surface area contributed by atoms with E-state index in [1.165, 1.54) is 87.6 Å². The van der Waals surface area contributed by atoms with Crippen molar-refractivity contribution in [2.24, 2.45) is 0 Å². The summed E-state index contributed by atoms with van der Waals surface area (Å²) in [6.45, 7) is 0.362. The summed E-state index contributed by atoms with van der Waals surface area (Å²) in [4.78, 5) is 0. The SMILES string of the molecule is OCCOc1ccc2cc(C3(c4ccc5cc(OCCO)ccc5c4)c4c(cccc4-c4cc5ccccc5c5ccccc45)-c4cccc(-c5cc6ccccc6c6ccccc56)c43)ccc2c1. The van der Waals surface area contributed by atoms with Crippen LogP contribution in [0.4, 0.5) is 0 Å². The fraction of sp³-hybridized carbons (Fsp3) is 0.0769. The topological polar surface area (TPSA) is 58.9 Å². The molecule has 0 fully saturated rings. The average molecular weight is 891 g/mol. The van der Waals surface area contributed by atoms with Gasteiger partial charge in [-0.15, -0.1) is 0 Å². The highest BCUT2D eigenvalue weighted by Crippen LogP contribution is 2.62. The van der Waals surface area contributed by atoms with Crippen LogP contribution in [0.2, 0.25) is 0 Å². The van der Waals surface area contributed by atoms with E-state index in [1.54, 1.807) is 0 Å². The minimum absolute atomic E-state index is 0.0509. The van der Waals surface area contributed by atoms with E-state index < -0.39 is 5.41 Å². The average Bonchev–Trinajstić information content (AvgIpc) is 3.72. The fourth-order valence-corrected chi connectivity index (χ4v) is 11.7. The van der Waals surface area contributed by atoms with Crippen LogP contribution >= 0.6 is 0 Å². The van der Waals surface area contributed by atoms with Gasteiger partial charge in [-0.05, 0) is 169 Å². The maximum absolute atomic E-state index is 9.60. The zero-order chi connectivity index (χ0) is 46.1. The lowest BCUT2D eigenvalue weighted by atomic mass is 9.64. The van der Waals surface area contributed by atoms with E-state index in [0.717, 1.165) is 44.2 Å². The van der Waals surface area contributed by atoms with E-state index >= 15 is 0 Å². The van der Waals surface area contributed by atoms with Gasteiger partial charge in [0.1, 0.15) is 24.7 Å².